The zero-order valence-electron chi connectivity index (χ0n) is 20.3. The van der Waals surface area contributed by atoms with E-state index in [4.69, 9.17) is 26.1 Å². The number of rotatable bonds is 4. The number of esters is 2. The highest BCUT2D eigenvalue weighted by Gasteiger charge is 2.50. The summed E-state index contributed by atoms with van der Waals surface area (Å²) in [5, 5.41) is 1.53. The third-order valence-electron chi connectivity index (χ3n) is 7.38. The minimum Gasteiger partial charge on any atom is -0.457 e. The molecule has 0 aliphatic carbocycles. The van der Waals surface area contributed by atoms with Gasteiger partial charge in [-0.2, -0.15) is 0 Å². The number of hydrogen-bond acceptors (Lipinski definition) is 6. The van der Waals surface area contributed by atoms with Crippen LogP contribution in [0.2, 0.25) is 5.02 Å². The average Bonchev–Trinajstić information content (AvgIpc) is 3.28. The molecule has 4 aromatic rings. The van der Waals surface area contributed by atoms with Gasteiger partial charge in [-0.25, -0.2) is 14.6 Å². The van der Waals surface area contributed by atoms with E-state index in [1.807, 2.05) is 24.3 Å². The zero-order valence-corrected chi connectivity index (χ0v) is 21.1. The molecule has 8 heteroatoms. The number of aromatic nitrogens is 2. The number of carbonyl (C=O) groups excluding carboxylic acids is 2. The Balaban J connectivity index is 1.55. The molecule has 0 amide bonds. The molecule has 2 aliphatic heterocycles. The van der Waals surface area contributed by atoms with Crippen molar-refractivity contribution in [2.24, 2.45) is 0 Å². The van der Waals surface area contributed by atoms with Crippen molar-refractivity contribution in [2.45, 2.75) is 45.4 Å². The summed E-state index contributed by atoms with van der Waals surface area (Å²) in [5.41, 5.74) is 3.16. The van der Waals surface area contributed by atoms with Gasteiger partial charge in [0.2, 0.25) is 5.60 Å². The first-order valence-electron chi connectivity index (χ1n) is 12.2. The highest BCUT2D eigenvalue weighted by Crippen LogP contribution is 2.42. The van der Waals surface area contributed by atoms with Gasteiger partial charge in [-0.1, -0.05) is 43.6 Å². The number of cyclic esters (lactones) is 1. The van der Waals surface area contributed by atoms with Gasteiger partial charge in [0.1, 0.15) is 6.61 Å². The molecule has 2 aromatic heterocycles. The van der Waals surface area contributed by atoms with Crippen LogP contribution in [0.15, 0.2) is 59.4 Å². The Labute approximate surface area is 217 Å². The molecule has 7 nitrogen and oxygen atoms in total. The van der Waals surface area contributed by atoms with E-state index in [9.17, 15) is 14.4 Å². The van der Waals surface area contributed by atoms with Crippen LogP contribution in [0, 0.1) is 0 Å². The summed E-state index contributed by atoms with van der Waals surface area (Å²) in [6.07, 6.45) is 0.881. The number of carbonyl (C=O) groups is 2. The quantitative estimate of drug-likeness (QED) is 0.308. The van der Waals surface area contributed by atoms with Crippen molar-refractivity contribution in [3.63, 3.8) is 0 Å². The van der Waals surface area contributed by atoms with E-state index in [-0.39, 0.29) is 24.2 Å². The number of nitrogens with zero attached hydrogens (tertiary/aromatic N) is 2. The molecule has 0 saturated heterocycles. The summed E-state index contributed by atoms with van der Waals surface area (Å²) in [4.78, 5) is 45.0. The molecule has 1 atom stereocenters. The van der Waals surface area contributed by atoms with Crippen LogP contribution in [0.4, 0.5) is 0 Å². The smallest absolute Gasteiger partial charge is 0.355 e. The van der Waals surface area contributed by atoms with E-state index < -0.39 is 17.5 Å². The summed E-state index contributed by atoms with van der Waals surface area (Å²) in [6.45, 7) is 4.02. The summed E-state index contributed by atoms with van der Waals surface area (Å²) < 4.78 is 13.0. The van der Waals surface area contributed by atoms with Crippen LogP contribution in [0.25, 0.3) is 22.3 Å². The lowest BCUT2D eigenvalue weighted by atomic mass is 9.85. The van der Waals surface area contributed by atoms with Crippen molar-refractivity contribution in [3.05, 3.63) is 97.8 Å². The van der Waals surface area contributed by atoms with E-state index in [0.717, 1.165) is 28.5 Å². The molecule has 0 saturated carbocycles. The molecule has 0 N–H and O–H groups in total. The fourth-order valence-electron chi connectivity index (χ4n) is 5.48. The van der Waals surface area contributed by atoms with Gasteiger partial charge in [-0.3, -0.25) is 4.79 Å². The Bertz CT molecular complexity index is 1680. The Morgan fingerprint density at radius 3 is 2.59 bits per heavy atom. The number of halogens is 1. The summed E-state index contributed by atoms with van der Waals surface area (Å²) in [5.74, 6) is -1.41. The molecule has 6 rings (SSSR count). The highest BCUT2D eigenvalue weighted by atomic mass is 35.5. The van der Waals surface area contributed by atoms with Crippen LogP contribution in [0.5, 0.6) is 0 Å². The number of hydrogen-bond donors (Lipinski definition) is 0. The van der Waals surface area contributed by atoms with Gasteiger partial charge >= 0.3 is 11.9 Å². The van der Waals surface area contributed by atoms with E-state index in [0.29, 0.717) is 34.1 Å². The minimum absolute atomic E-state index is 0.0965. The SMILES string of the molecule is CCc1c2c(nc3ccccc13)-c1cc3c(c(=O)n1C2)COC(=O)[C@@]3(CC)OC(=O)c1ccc(Cl)cc1. The van der Waals surface area contributed by atoms with E-state index in [1.165, 1.54) is 12.1 Å². The third kappa shape index (κ3) is 3.41. The third-order valence-corrected chi connectivity index (χ3v) is 7.63. The Hall–Kier alpha value is -3.97. The van der Waals surface area contributed by atoms with Crippen molar-refractivity contribution < 1.29 is 19.1 Å². The van der Waals surface area contributed by atoms with E-state index in [1.54, 1.807) is 29.7 Å². The van der Waals surface area contributed by atoms with Gasteiger partial charge in [0.15, 0.2) is 0 Å². The summed E-state index contributed by atoms with van der Waals surface area (Å²) in [7, 11) is 0. The second kappa shape index (κ2) is 8.56. The van der Waals surface area contributed by atoms with E-state index >= 15 is 0 Å². The van der Waals surface area contributed by atoms with Crippen LogP contribution in [-0.2, 0) is 39.4 Å². The summed E-state index contributed by atoms with van der Waals surface area (Å²) >= 11 is 5.95. The Morgan fingerprint density at radius 2 is 1.86 bits per heavy atom. The normalized spacial score (nSPS) is 17.6. The average molecular weight is 515 g/mol. The van der Waals surface area contributed by atoms with Crippen molar-refractivity contribution in [3.8, 4) is 11.4 Å². The molecular formula is C29H23ClN2O5. The number of ether oxygens (including phenoxy) is 2. The van der Waals surface area contributed by atoms with Gasteiger partial charge in [0, 0.05) is 21.5 Å². The van der Waals surface area contributed by atoms with E-state index in [2.05, 4.69) is 6.92 Å². The first-order valence-corrected chi connectivity index (χ1v) is 12.6. The molecule has 0 unspecified atom stereocenters. The first kappa shape index (κ1) is 23.4. The van der Waals surface area contributed by atoms with Gasteiger partial charge in [0.05, 0.1) is 34.6 Å². The Morgan fingerprint density at radius 1 is 1.11 bits per heavy atom. The number of para-hydroxylation sites is 1. The molecule has 0 fully saturated rings. The van der Waals surface area contributed by atoms with Crippen molar-refractivity contribution in [1.29, 1.82) is 0 Å². The van der Waals surface area contributed by atoms with Gasteiger partial charge < -0.3 is 14.0 Å². The van der Waals surface area contributed by atoms with Crippen molar-refractivity contribution >= 4 is 34.4 Å². The maximum atomic E-state index is 13.8. The standard InChI is InChI=1S/C29H23ClN2O5/c1-3-18-19-7-5-6-8-23(19)31-25-20(18)14-32-24(25)13-22-21(26(32)33)15-36-28(35)29(22,4-2)37-27(34)16-9-11-17(30)12-10-16/h5-13H,3-4,14-15H2,1-2H3/t29-/m0/s1. The summed E-state index contributed by atoms with van der Waals surface area (Å²) in [6, 6.07) is 15.9. The maximum Gasteiger partial charge on any atom is 0.355 e. The second-order valence-corrected chi connectivity index (χ2v) is 9.69. The molecule has 186 valence electrons. The molecular weight excluding hydrogens is 492 g/mol. The molecule has 0 bridgehead atoms. The van der Waals surface area contributed by atoms with Gasteiger partial charge in [0.25, 0.3) is 5.56 Å². The minimum atomic E-state index is -1.76. The fourth-order valence-corrected chi connectivity index (χ4v) is 5.60. The monoisotopic (exact) mass is 514 g/mol. The number of aryl methyl sites for hydroxylation is 1. The predicted molar refractivity (Wildman–Crippen MR) is 139 cm³/mol. The largest absolute Gasteiger partial charge is 0.457 e. The van der Waals surface area contributed by atoms with Gasteiger partial charge in [-0.05, 0) is 54.8 Å². The topological polar surface area (TPSA) is 87.5 Å². The molecule has 0 radical (unpaired) electrons. The first-order chi connectivity index (χ1) is 17.9. The maximum absolute atomic E-state index is 13.8. The fraction of sp³-hybridized carbons (Fsp3) is 0.241. The lowest BCUT2D eigenvalue weighted by molar-refractivity contribution is -0.173. The number of fused-ring (bicyclic) bond motifs is 5. The Kier molecular flexibility index (Phi) is 5.42. The molecule has 4 heterocycles. The molecule has 0 spiro atoms. The predicted octanol–water partition coefficient (Wildman–Crippen LogP) is 5.16. The molecule has 2 aliphatic rings. The molecule has 37 heavy (non-hydrogen) atoms. The van der Waals surface area contributed by atoms with Crippen molar-refractivity contribution in [2.75, 3.05) is 0 Å². The van der Waals surface area contributed by atoms with Crippen LogP contribution < -0.4 is 5.56 Å². The van der Waals surface area contributed by atoms with Crippen LogP contribution in [0.3, 0.4) is 0 Å². The highest BCUT2D eigenvalue weighted by molar-refractivity contribution is 6.30. The lowest BCUT2D eigenvalue weighted by Gasteiger charge is -2.35. The second-order valence-electron chi connectivity index (χ2n) is 9.25. The number of pyridine rings is 2. The zero-order chi connectivity index (χ0) is 25.9. The van der Waals surface area contributed by atoms with Crippen LogP contribution >= 0.6 is 11.6 Å². The number of benzene rings is 2. The van der Waals surface area contributed by atoms with Crippen molar-refractivity contribution in [1.82, 2.24) is 9.55 Å². The van der Waals surface area contributed by atoms with Gasteiger partial charge in [-0.15, -0.1) is 0 Å². The lowest BCUT2D eigenvalue weighted by Crippen LogP contribution is -2.47. The van der Waals surface area contributed by atoms with Crippen LogP contribution in [-0.4, -0.2) is 21.5 Å². The molecule has 2 aromatic carbocycles. The van der Waals surface area contributed by atoms with Crippen LogP contribution in [0.1, 0.15) is 52.9 Å².